The minimum Gasteiger partial charge on any atom is -0.0849 e. The molecule has 0 atom stereocenters. The number of halogens is 4. The number of rotatable bonds is 2. The van der Waals surface area contributed by atoms with E-state index in [0.29, 0.717) is 0 Å². The highest BCUT2D eigenvalue weighted by atomic mass is 79.9. The molecule has 4 aromatic rings. The fourth-order valence-corrected chi connectivity index (χ4v) is 6.62. The molecule has 0 unspecified atom stereocenters. The molecule has 0 amide bonds. The van der Waals surface area contributed by atoms with Crippen molar-refractivity contribution in [2.75, 3.05) is 0 Å². The van der Waals surface area contributed by atoms with E-state index in [0.717, 1.165) is 29.9 Å². The van der Waals surface area contributed by atoms with Crippen LogP contribution in [0.15, 0.2) is 81.7 Å². The Labute approximate surface area is 216 Å². The van der Waals surface area contributed by atoms with Crippen LogP contribution in [-0.4, -0.2) is 13.4 Å². The number of hydrogen-bond acceptors (Lipinski definition) is 0. The quantitative estimate of drug-likeness (QED) is 0.270. The second kappa shape index (κ2) is 8.72. The van der Waals surface area contributed by atoms with Crippen LogP contribution in [0.3, 0.4) is 0 Å². The summed E-state index contributed by atoms with van der Waals surface area (Å²) in [5, 5.41) is 1.56. The van der Waals surface area contributed by atoms with E-state index in [2.05, 4.69) is 106 Å². The van der Waals surface area contributed by atoms with Gasteiger partial charge in [0.25, 0.3) is 0 Å². The summed E-state index contributed by atoms with van der Waals surface area (Å²) in [6, 6.07) is 25.5. The Balaban J connectivity index is 1.90. The van der Waals surface area contributed by atoms with E-state index in [1.54, 1.807) is 0 Å². The summed E-state index contributed by atoms with van der Waals surface area (Å²) in [5.74, 6) is 0. The van der Waals surface area contributed by atoms with Gasteiger partial charge in [-0.25, -0.2) is 0 Å². The van der Waals surface area contributed by atoms with Gasteiger partial charge in [0, 0.05) is 19.0 Å². The average molecular weight is 583 g/mol. The summed E-state index contributed by atoms with van der Waals surface area (Å²) in [6.07, 6.45) is 0. The highest BCUT2D eigenvalue weighted by Crippen LogP contribution is 2.18. The molecule has 1 heterocycles. The monoisotopic (exact) mass is 580 g/mol. The van der Waals surface area contributed by atoms with E-state index in [1.807, 2.05) is 12.1 Å². The predicted molar refractivity (Wildman–Crippen MR) is 150 cm³/mol. The first-order valence-electron chi connectivity index (χ1n) is 10.5. The van der Waals surface area contributed by atoms with E-state index in [9.17, 15) is 0 Å². The van der Waals surface area contributed by atoms with Gasteiger partial charge in [-0.2, -0.15) is 0 Å². The molecular weight excluding hydrogens is 565 g/mol. The zero-order valence-corrected chi connectivity index (χ0v) is 22.3. The molecule has 0 N–H and O–H groups in total. The van der Waals surface area contributed by atoms with E-state index in [4.69, 9.17) is 23.2 Å². The molecule has 0 saturated carbocycles. The van der Waals surface area contributed by atoms with Gasteiger partial charge in [-0.1, -0.05) is 147 Å². The fourth-order valence-electron chi connectivity index (χ4n) is 4.95. The minimum atomic E-state index is 0.0142. The van der Waals surface area contributed by atoms with Crippen LogP contribution in [0.2, 0.25) is 10.0 Å². The smallest absolute Gasteiger partial charge is 0.0849 e. The first-order valence-corrected chi connectivity index (χ1v) is 12.8. The van der Waals surface area contributed by atoms with Crippen LogP contribution in [0, 0.1) is 13.8 Å². The third kappa shape index (κ3) is 3.70. The Morgan fingerprint density at radius 1 is 0.562 bits per heavy atom. The van der Waals surface area contributed by atoms with Crippen molar-refractivity contribution in [1.29, 1.82) is 0 Å². The van der Waals surface area contributed by atoms with E-state index in [1.165, 1.54) is 33.0 Å². The van der Waals surface area contributed by atoms with Gasteiger partial charge in [0.05, 0.1) is 0 Å². The molecule has 5 rings (SSSR count). The van der Waals surface area contributed by atoms with Crippen molar-refractivity contribution in [3.05, 3.63) is 103 Å². The Bertz CT molecular complexity index is 1270. The fraction of sp³-hybridized carbons (Fsp3) is 0.0769. The summed E-state index contributed by atoms with van der Waals surface area (Å²) in [5.41, 5.74) is 9.60. The number of benzene rings is 4. The summed E-state index contributed by atoms with van der Waals surface area (Å²) in [7, 11) is 0. The summed E-state index contributed by atoms with van der Waals surface area (Å²) >= 11 is 21.4. The molecule has 0 radical (unpaired) electrons. The van der Waals surface area contributed by atoms with Crippen molar-refractivity contribution in [2.24, 2.45) is 0 Å². The van der Waals surface area contributed by atoms with Crippen LogP contribution in [0.4, 0.5) is 0 Å². The standard InChI is InChI=1S/C26H18B2Br2Cl2/c1-15-9-11-23(31)19(13-15)27-17-5-3-8-22(30)26(17)28(18-6-4-7-21(29)25(18)27)20-14-16(2)10-12-24(20)32/h3-14H,1-2H3. The van der Waals surface area contributed by atoms with Gasteiger partial charge in [0.2, 0.25) is 13.4 Å². The molecule has 0 aliphatic carbocycles. The van der Waals surface area contributed by atoms with Crippen LogP contribution >= 0.6 is 55.1 Å². The molecule has 0 bridgehead atoms. The van der Waals surface area contributed by atoms with Gasteiger partial charge in [-0.15, -0.1) is 0 Å². The van der Waals surface area contributed by atoms with E-state index in [-0.39, 0.29) is 13.4 Å². The van der Waals surface area contributed by atoms with Crippen molar-refractivity contribution in [3.8, 4) is 0 Å². The van der Waals surface area contributed by atoms with Gasteiger partial charge < -0.3 is 0 Å². The maximum Gasteiger partial charge on any atom is 0.243 e. The third-order valence-electron chi connectivity index (χ3n) is 6.30. The first-order chi connectivity index (χ1) is 15.4. The Morgan fingerprint density at radius 2 is 0.969 bits per heavy atom. The Morgan fingerprint density at radius 3 is 1.38 bits per heavy atom. The molecule has 6 heteroatoms. The van der Waals surface area contributed by atoms with Gasteiger partial charge in [0.1, 0.15) is 0 Å². The number of aryl methyl sites for hydroxylation is 2. The average Bonchev–Trinajstić information content (AvgIpc) is 2.76. The maximum absolute atomic E-state index is 6.81. The second-order valence-electron chi connectivity index (χ2n) is 8.40. The van der Waals surface area contributed by atoms with Crippen molar-refractivity contribution in [1.82, 2.24) is 0 Å². The Kier molecular flexibility index (Phi) is 6.09. The lowest BCUT2D eigenvalue weighted by Gasteiger charge is -2.34. The van der Waals surface area contributed by atoms with Crippen molar-refractivity contribution in [3.63, 3.8) is 0 Å². The number of hydrogen-bond donors (Lipinski definition) is 0. The normalized spacial score (nSPS) is 12.6. The van der Waals surface area contributed by atoms with Crippen LogP contribution < -0.4 is 32.8 Å². The molecule has 0 spiro atoms. The molecule has 0 aromatic heterocycles. The predicted octanol–water partition coefficient (Wildman–Crippen LogP) is 4.48. The molecule has 0 nitrogen and oxygen atoms in total. The lowest BCUT2D eigenvalue weighted by Crippen LogP contribution is -2.75. The Hall–Kier alpha value is -1.45. The molecular formula is C26H18B2Br2Cl2. The van der Waals surface area contributed by atoms with Crippen molar-refractivity contribution >= 4 is 101 Å². The molecule has 4 aromatic carbocycles. The van der Waals surface area contributed by atoms with Crippen LogP contribution in [0.1, 0.15) is 11.1 Å². The van der Waals surface area contributed by atoms with E-state index >= 15 is 0 Å². The largest absolute Gasteiger partial charge is 0.243 e. The van der Waals surface area contributed by atoms with Gasteiger partial charge in [0.15, 0.2) is 0 Å². The lowest BCUT2D eigenvalue weighted by atomic mass is 9.21. The SMILES string of the molecule is Cc1ccc(Cl)c(B2c3cccc(Br)c3B(c3cc(C)ccc3Cl)c3cccc(Br)c32)c1. The zero-order chi connectivity index (χ0) is 22.6. The molecule has 1 aliphatic heterocycles. The van der Waals surface area contributed by atoms with Crippen molar-refractivity contribution < 1.29 is 0 Å². The topological polar surface area (TPSA) is 0 Å². The zero-order valence-electron chi connectivity index (χ0n) is 17.6. The van der Waals surface area contributed by atoms with Crippen LogP contribution in [0.25, 0.3) is 0 Å². The lowest BCUT2D eigenvalue weighted by molar-refractivity contribution is 1.49. The summed E-state index contributed by atoms with van der Waals surface area (Å²) in [6.45, 7) is 4.25. The first kappa shape index (κ1) is 22.3. The molecule has 1 aliphatic rings. The molecule has 0 saturated heterocycles. The molecule has 156 valence electrons. The highest BCUT2D eigenvalue weighted by molar-refractivity contribution is 9.11. The number of fused-ring (bicyclic) bond motifs is 2. The van der Waals surface area contributed by atoms with Crippen LogP contribution in [0.5, 0.6) is 0 Å². The summed E-state index contributed by atoms with van der Waals surface area (Å²) in [4.78, 5) is 0. The molecule has 0 fully saturated rings. The van der Waals surface area contributed by atoms with Gasteiger partial charge >= 0.3 is 0 Å². The van der Waals surface area contributed by atoms with Gasteiger partial charge in [-0.3, -0.25) is 0 Å². The second-order valence-corrected chi connectivity index (χ2v) is 10.9. The third-order valence-corrected chi connectivity index (χ3v) is 8.37. The van der Waals surface area contributed by atoms with E-state index < -0.39 is 0 Å². The van der Waals surface area contributed by atoms with Gasteiger partial charge in [-0.05, 0) is 38.1 Å². The maximum atomic E-state index is 6.81. The summed E-state index contributed by atoms with van der Waals surface area (Å²) < 4.78 is 2.16. The van der Waals surface area contributed by atoms with Crippen LogP contribution in [-0.2, 0) is 0 Å². The van der Waals surface area contributed by atoms with Crippen molar-refractivity contribution in [2.45, 2.75) is 13.8 Å². The minimum absolute atomic E-state index is 0.0142. The highest BCUT2D eigenvalue weighted by Gasteiger charge is 2.41. The molecule has 32 heavy (non-hydrogen) atoms.